The third-order valence-corrected chi connectivity index (χ3v) is 6.29. The molecule has 0 amide bonds. The number of imidazole rings is 1. The zero-order valence-electron chi connectivity index (χ0n) is 18.2. The summed E-state index contributed by atoms with van der Waals surface area (Å²) in [4.78, 5) is 5.84. The van der Waals surface area contributed by atoms with Gasteiger partial charge in [-0.25, -0.2) is 4.98 Å². The number of thiazole rings is 1. The molecule has 31 heavy (non-hydrogen) atoms. The number of aromatic nitrogens is 2. The van der Waals surface area contributed by atoms with Crippen molar-refractivity contribution in [1.29, 1.82) is 0 Å². The molecule has 0 unspecified atom stereocenters. The van der Waals surface area contributed by atoms with Crippen molar-refractivity contribution >= 4 is 39.0 Å². The van der Waals surface area contributed by atoms with Crippen LogP contribution in [0.4, 0.5) is 0 Å². The average Bonchev–Trinajstić information content (AvgIpc) is 3.37. The SMILES string of the molecule is C=C/C(c1cccc(-c2ccccc2)c1)=c1/sc2nc3ccccc3n2/c1=C/C.CC. The maximum absolute atomic E-state index is 4.83. The Hall–Kier alpha value is -3.43. The molecule has 0 N–H and O–H groups in total. The highest BCUT2D eigenvalue weighted by Crippen LogP contribution is 2.24. The number of fused-ring (bicyclic) bond motifs is 3. The van der Waals surface area contributed by atoms with E-state index in [-0.39, 0.29) is 0 Å². The van der Waals surface area contributed by atoms with E-state index in [0.29, 0.717) is 0 Å². The first-order valence-electron chi connectivity index (χ1n) is 10.6. The number of nitrogens with zero attached hydrogens (tertiary/aromatic N) is 2. The lowest BCUT2D eigenvalue weighted by molar-refractivity contribution is 1.19. The van der Waals surface area contributed by atoms with Crippen LogP contribution in [0.5, 0.6) is 0 Å². The molecule has 0 spiro atoms. The monoisotopic (exact) mass is 422 g/mol. The number of rotatable bonds is 3. The van der Waals surface area contributed by atoms with E-state index in [1.54, 1.807) is 11.3 Å². The molecule has 3 heteroatoms. The van der Waals surface area contributed by atoms with E-state index >= 15 is 0 Å². The molecule has 0 aliphatic heterocycles. The highest BCUT2D eigenvalue weighted by atomic mass is 32.1. The minimum absolute atomic E-state index is 1.01. The van der Waals surface area contributed by atoms with E-state index in [2.05, 4.69) is 90.7 Å². The highest BCUT2D eigenvalue weighted by Gasteiger charge is 2.11. The summed E-state index contributed by atoms with van der Waals surface area (Å²) in [6, 6.07) is 27.4. The van der Waals surface area contributed by atoms with Gasteiger partial charge >= 0.3 is 0 Å². The lowest BCUT2D eigenvalue weighted by Crippen LogP contribution is -2.26. The molecule has 0 fully saturated rings. The Balaban J connectivity index is 0.00000112. The summed E-state index contributed by atoms with van der Waals surface area (Å²) >= 11 is 1.72. The molecule has 0 bridgehead atoms. The third kappa shape index (κ3) is 3.73. The van der Waals surface area contributed by atoms with Gasteiger partial charge in [0.2, 0.25) is 0 Å². The largest absolute Gasteiger partial charge is 0.283 e. The molecule has 3 aromatic carbocycles. The normalized spacial score (nSPS) is 12.5. The molecule has 2 nitrogen and oxygen atoms in total. The second kappa shape index (κ2) is 9.15. The van der Waals surface area contributed by atoms with E-state index in [9.17, 15) is 0 Å². The summed E-state index contributed by atoms with van der Waals surface area (Å²) in [5.74, 6) is 0. The molecule has 0 radical (unpaired) electrons. The number of benzene rings is 3. The lowest BCUT2D eigenvalue weighted by atomic mass is 9.99. The van der Waals surface area contributed by atoms with E-state index in [1.807, 2.05) is 32.1 Å². The van der Waals surface area contributed by atoms with Crippen molar-refractivity contribution in [2.24, 2.45) is 0 Å². The molecular formula is C28H26N2S. The Labute approximate surface area is 187 Å². The van der Waals surface area contributed by atoms with E-state index in [0.717, 1.165) is 21.6 Å². The Bertz CT molecular complexity index is 1470. The van der Waals surface area contributed by atoms with Gasteiger partial charge in [-0.15, -0.1) is 0 Å². The second-order valence-electron chi connectivity index (χ2n) is 6.89. The van der Waals surface area contributed by atoms with Crippen LogP contribution in [-0.4, -0.2) is 9.38 Å². The van der Waals surface area contributed by atoms with E-state index < -0.39 is 0 Å². The van der Waals surface area contributed by atoms with Gasteiger partial charge in [0.25, 0.3) is 0 Å². The predicted octanol–water partition coefficient (Wildman–Crippen LogP) is 6.43. The number of allylic oxidation sites excluding steroid dienone is 1. The van der Waals surface area contributed by atoms with Crippen LogP contribution in [0, 0.1) is 0 Å². The molecule has 2 aromatic heterocycles. The van der Waals surface area contributed by atoms with Crippen molar-refractivity contribution in [2.75, 3.05) is 0 Å². The van der Waals surface area contributed by atoms with Crippen LogP contribution < -0.4 is 9.88 Å². The highest BCUT2D eigenvalue weighted by molar-refractivity contribution is 7.15. The Morgan fingerprint density at radius 2 is 1.61 bits per heavy atom. The fourth-order valence-electron chi connectivity index (χ4n) is 3.84. The van der Waals surface area contributed by atoms with Gasteiger partial charge in [-0.2, -0.15) is 0 Å². The van der Waals surface area contributed by atoms with Crippen molar-refractivity contribution in [3.05, 3.63) is 107 Å². The smallest absolute Gasteiger partial charge is 0.195 e. The van der Waals surface area contributed by atoms with Gasteiger partial charge in [0.1, 0.15) is 0 Å². The second-order valence-corrected chi connectivity index (χ2v) is 7.87. The van der Waals surface area contributed by atoms with Gasteiger partial charge in [-0.3, -0.25) is 4.40 Å². The van der Waals surface area contributed by atoms with Crippen LogP contribution in [0.15, 0.2) is 91.5 Å². The summed E-state index contributed by atoms with van der Waals surface area (Å²) in [7, 11) is 0. The number of para-hydroxylation sites is 2. The quantitative estimate of drug-likeness (QED) is 0.328. The topological polar surface area (TPSA) is 17.3 Å². The minimum atomic E-state index is 1.01. The first-order chi connectivity index (χ1) is 15.3. The van der Waals surface area contributed by atoms with Crippen molar-refractivity contribution in [1.82, 2.24) is 9.38 Å². The van der Waals surface area contributed by atoms with Gasteiger partial charge in [0.05, 0.1) is 20.9 Å². The first-order valence-corrected chi connectivity index (χ1v) is 11.5. The van der Waals surface area contributed by atoms with E-state index in [1.165, 1.54) is 26.6 Å². The standard InChI is InChI=1S/C26H20N2S.C2H6/c1-3-21(20-14-10-13-19(17-20)18-11-6-5-7-12-18)25-23(4-2)28-24-16-9-8-15-22(24)27-26(28)29-25;1-2/h3-17H,1H2,2H3;1-2H3/b23-4+,25-21-;. The van der Waals surface area contributed by atoms with Crippen LogP contribution in [0.2, 0.25) is 0 Å². The van der Waals surface area contributed by atoms with Crippen LogP contribution >= 0.6 is 11.3 Å². The molecule has 2 heterocycles. The van der Waals surface area contributed by atoms with Crippen molar-refractivity contribution in [3.8, 4) is 11.1 Å². The van der Waals surface area contributed by atoms with Crippen molar-refractivity contribution < 1.29 is 0 Å². The van der Waals surface area contributed by atoms with Crippen LogP contribution in [0.1, 0.15) is 26.3 Å². The summed E-state index contributed by atoms with van der Waals surface area (Å²) in [5, 5.41) is 1.17. The van der Waals surface area contributed by atoms with Gasteiger partial charge in [-0.05, 0) is 41.8 Å². The predicted molar refractivity (Wildman–Crippen MR) is 136 cm³/mol. The molecule has 0 saturated heterocycles. The average molecular weight is 423 g/mol. The Morgan fingerprint density at radius 1 is 0.903 bits per heavy atom. The summed E-state index contributed by atoms with van der Waals surface area (Å²) in [6.45, 7) is 10.2. The fourth-order valence-corrected chi connectivity index (χ4v) is 5.08. The Kier molecular flexibility index (Phi) is 6.15. The van der Waals surface area contributed by atoms with Crippen molar-refractivity contribution in [3.63, 3.8) is 0 Å². The number of hydrogen-bond donors (Lipinski definition) is 0. The molecule has 5 rings (SSSR count). The van der Waals surface area contributed by atoms with Crippen LogP contribution in [0.25, 0.3) is 38.8 Å². The molecule has 0 aliphatic carbocycles. The molecule has 0 atom stereocenters. The molecular weight excluding hydrogens is 396 g/mol. The lowest BCUT2D eigenvalue weighted by Gasteiger charge is -2.06. The van der Waals surface area contributed by atoms with Gasteiger partial charge < -0.3 is 0 Å². The van der Waals surface area contributed by atoms with Gasteiger partial charge in [0, 0.05) is 5.57 Å². The molecule has 5 aromatic rings. The van der Waals surface area contributed by atoms with Gasteiger partial charge in [-0.1, -0.05) is 105 Å². The maximum atomic E-state index is 4.83. The molecule has 154 valence electrons. The summed E-state index contributed by atoms with van der Waals surface area (Å²) in [6.07, 6.45) is 4.13. The third-order valence-electron chi connectivity index (χ3n) is 5.20. The zero-order chi connectivity index (χ0) is 21.8. The van der Waals surface area contributed by atoms with Crippen LogP contribution in [-0.2, 0) is 0 Å². The zero-order valence-corrected chi connectivity index (χ0v) is 19.0. The van der Waals surface area contributed by atoms with Crippen molar-refractivity contribution in [2.45, 2.75) is 20.8 Å². The summed E-state index contributed by atoms with van der Waals surface area (Å²) < 4.78 is 3.45. The molecule has 0 aliphatic rings. The summed E-state index contributed by atoms with van der Waals surface area (Å²) in [5.41, 5.74) is 6.89. The van der Waals surface area contributed by atoms with Gasteiger partial charge in [0.15, 0.2) is 4.96 Å². The van der Waals surface area contributed by atoms with E-state index in [4.69, 9.17) is 4.98 Å². The number of hydrogen-bond acceptors (Lipinski definition) is 2. The molecule has 0 saturated carbocycles. The Morgan fingerprint density at radius 3 is 2.35 bits per heavy atom. The van der Waals surface area contributed by atoms with Crippen LogP contribution in [0.3, 0.4) is 0 Å². The minimum Gasteiger partial charge on any atom is -0.283 e. The fraction of sp³-hybridized carbons (Fsp3) is 0.107. The first kappa shape index (κ1) is 20.8. The maximum Gasteiger partial charge on any atom is 0.195 e.